The van der Waals surface area contributed by atoms with Crippen LogP contribution in [0.15, 0.2) is 12.7 Å². The van der Waals surface area contributed by atoms with E-state index < -0.39 is 0 Å². The number of carbonyl (C=O) groups is 1. The Morgan fingerprint density at radius 2 is 2.21 bits per heavy atom. The van der Waals surface area contributed by atoms with E-state index in [2.05, 4.69) is 37.6 Å². The van der Waals surface area contributed by atoms with Gasteiger partial charge in [-0.2, -0.15) is 0 Å². The fourth-order valence-corrected chi connectivity index (χ4v) is 1.34. The largest absolute Gasteiger partial charge is 0.325 e. The number of hydrogen-bond acceptors (Lipinski definition) is 2. The van der Waals surface area contributed by atoms with Crippen molar-refractivity contribution in [1.29, 1.82) is 0 Å². The van der Waals surface area contributed by atoms with Gasteiger partial charge in [0.05, 0.1) is 13.3 Å². The van der Waals surface area contributed by atoms with Crippen molar-refractivity contribution in [3.05, 3.63) is 12.7 Å². The molecule has 1 N–H and O–H groups in total. The molecule has 1 aliphatic rings. The average Bonchev–Trinajstić information content (AvgIpc) is 2.07. The van der Waals surface area contributed by atoms with Crippen LogP contribution in [-0.4, -0.2) is 41.3 Å². The molecule has 0 spiro atoms. The Morgan fingerprint density at radius 1 is 1.57 bits per heavy atom. The highest BCUT2D eigenvalue weighted by atomic mass is 16.2. The van der Waals surface area contributed by atoms with Crippen LogP contribution >= 0.6 is 0 Å². The number of rotatable bonds is 2. The average molecular weight is 197 g/mol. The summed E-state index contributed by atoms with van der Waals surface area (Å²) < 4.78 is 0. The highest BCUT2D eigenvalue weighted by molar-refractivity contribution is 5.74. The fraction of sp³-hybridized carbons (Fsp3) is 0.700. The molecule has 1 saturated heterocycles. The number of urea groups is 1. The quantitative estimate of drug-likeness (QED) is 0.675. The van der Waals surface area contributed by atoms with Gasteiger partial charge >= 0.3 is 6.03 Å². The van der Waals surface area contributed by atoms with Gasteiger partial charge in [-0.05, 0) is 20.8 Å². The lowest BCUT2D eigenvalue weighted by Gasteiger charge is -2.42. The van der Waals surface area contributed by atoms with Crippen molar-refractivity contribution >= 4 is 6.03 Å². The molecule has 0 bridgehead atoms. The molecule has 0 saturated carbocycles. The van der Waals surface area contributed by atoms with Gasteiger partial charge in [-0.1, -0.05) is 6.08 Å². The summed E-state index contributed by atoms with van der Waals surface area (Å²) in [6, 6.07) is -0.00889. The maximum Gasteiger partial charge on any atom is 0.319 e. The van der Waals surface area contributed by atoms with Crippen molar-refractivity contribution in [2.24, 2.45) is 0 Å². The van der Waals surface area contributed by atoms with E-state index >= 15 is 0 Å². The van der Waals surface area contributed by atoms with Gasteiger partial charge in [0.25, 0.3) is 0 Å². The van der Waals surface area contributed by atoms with E-state index in [0.717, 1.165) is 0 Å². The summed E-state index contributed by atoms with van der Waals surface area (Å²) in [5, 5.41) is 2.84. The van der Waals surface area contributed by atoms with Gasteiger partial charge in [0, 0.05) is 12.1 Å². The van der Waals surface area contributed by atoms with Crippen LogP contribution in [0.5, 0.6) is 0 Å². The third-order valence-corrected chi connectivity index (χ3v) is 2.35. The lowest BCUT2D eigenvalue weighted by Crippen LogP contribution is -2.60. The first-order valence-corrected chi connectivity index (χ1v) is 4.84. The maximum atomic E-state index is 11.4. The van der Waals surface area contributed by atoms with Gasteiger partial charge in [-0.15, -0.1) is 6.58 Å². The third-order valence-electron chi connectivity index (χ3n) is 2.35. The molecular weight excluding hydrogens is 178 g/mol. The fourth-order valence-electron chi connectivity index (χ4n) is 1.34. The lowest BCUT2D eigenvalue weighted by molar-refractivity contribution is 0.0437. The van der Waals surface area contributed by atoms with Gasteiger partial charge in [0.2, 0.25) is 0 Å². The molecule has 1 rings (SSSR count). The van der Waals surface area contributed by atoms with Crippen molar-refractivity contribution in [3.63, 3.8) is 0 Å². The number of amides is 2. The molecule has 1 heterocycles. The van der Waals surface area contributed by atoms with Crippen LogP contribution in [0.4, 0.5) is 4.79 Å². The normalized spacial score (nSPS) is 19.4. The number of hydrogen-bond donors (Lipinski definition) is 1. The smallest absolute Gasteiger partial charge is 0.319 e. The van der Waals surface area contributed by atoms with Crippen molar-refractivity contribution in [2.75, 3.05) is 19.9 Å². The Bertz CT molecular complexity index is 232. The topological polar surface area (TPSA) is 35.6 Å². The first-order valence-electron chi connectivity index (χ1n) is 4.84. The van der Waals surface area contributed by atoms with Crippen LogP contribution in [0.3, 0.4) is 0 Å². The first kappa shape index (κ1) is 11.0. The maximum absolute atomic E-state index is 11.4. The predicted octanol–water partition coefficient (Wildman–Crippen LogP) is 1.21. The number of carbonyl (C=O) groups excluding carboxylic acids is 1. The van der Waals surface area contributed by atoms with E-state index in [4.69, 9.17) is 0 Å². The molecule has 0 radical (unpaired) electrons. The summed E-state index contributed by atoms with van der Waals surface area (Å²) in [6.45, 7) is 11.9. The van der Waals surface area contributed by atoms with Gasteiger partial charge < -0.3 is 10.2 Å². The molecule has 4 heteroatoms. The van der Waals surface area contributed by atoms with Crippen molar-refractivity contribution < 1.29 is 4.79 Å². The number of nitrogens with zero attached hydrogens (tertiary/aromatic N) is 2. The summed E-state index contributed by atoms with van der Waals surface area (Å²) in [5.74, 6) is 0. The molecule has 80 valence electrons. The second kappa shape index (κ2) is 4.00. The summed E-state index contributed by atoms with van der Waals surface area (Å²) in [5.41, 5.74) is 0.0765. The third kappa shape index (κ3) is 2.48. The van der Waals surface area contributed by atoms with E-state index in [1.165, 1.54) is 0 Å². The van der Waals surface area contributed by atoms with Gasteiger partial charge in [-0.3, -0.25) is 4.90 Å². The number of nitrogens with one attached hydrogen (secondary N) is 1. The van der Waals surface area contributed by atoms with Crippen molar-refractivity contribution in [1.82, 2.24) is 15.1 Å². The molecular formula is C10H19N3O. The summed E-state index contributed by atoms with van der Waals surface area (Å²) in [7, 11) is 0. The Hall–Kier alpha value is -1.03. The second-order valence-corrected chi connectivity index (χ2v) is 4.50. The molecule has 2 amide bonds. The Balaban J connectivity index is 2.62. The Labute approximate surface area is 85.6 Å². The Kier molecular flexibility index (Phi) is 3.16. The summed E-state index contributed by atoms with van der Waals surface area (Å²) in [4.78, 5) is 15.3. The van der Waals surface area contributed by atoms with Gasteiger partial charge in [0.15, 0.2) is 0 Å². The second-order valence-electron chi connectivity index (χ2n) is 4.50. The highest BCUT2D eigenvalue weighted by Crippen LogP contribution is 2.15. The molecule has 0 unspecified atom stereocenters. The molecule has 0 aliphatic carbocycles. The minimum absolute atomic E-state index is 0.00889. The molecule has 0 aromatic rings. The predicted molar refractivity (Wildman–Crippen MR) is 56.8 cm³/mol. The van der Waals surface area contributed by atoms with Crippen LogP contribution in [0.2, 0.25) is 0 Å². The van der Waals surface area contributed by atoms with Crippen LogP contribution in [0.25, 0.3) is 0 Å². The van der Waals surface area contributed by atoms with E-state index in [1.54, 1.807) is 11.0 Å². The van der Waals surface area contributed by atoms with Crippen LogP contribution < -0.4 is 5.32 Å². The van der Waals surface area contributed by atoms with Crippen LogP contribution in [0.1, 0.15) is 20.8 Å². The molecule has 1 fully saturated rings. The molecule has 1 aliphatic heterocycles. The minimum Gasteiger partial charge on any atom is -0.325 e. The van der Waals surface area contributed by atoms with Gasteiger partial charge in [0.1, 0.15) is 0 Å². The van der Waals surface area contributed by atoms with E-state index in [-0.39, 0.29) is 11.6 Å². The standard InChI is InChI=1S/C10H19N3O/c1-5-6-12-8-13(10(2,3)4)7-11-9(12)14/h5H,1,6-8H2,2-4H3,(H,11,14). The van der Waals surface area contributed by atoms with E-state index in [1.807, 2.05) is 0 Å². The first-order chi connectivity index (χ1) is 6.45. The SMILES string of the molecule is C=CCN1CN(C(C)(C)C)CNC1=O. The molecule has 14 heavy (non-hydrogen) atoms. The molecule has 0 aromatic carbocycles. The monoisotopic (exact) mass is 197 g/mol. The Morgan fingerprint density at radius 3 is 2.71 bits per heavy atom. The van der Waals surface area contributed by atoms with Crippen molar-refractivity contribution in [3.8, 4) is 0 Å². The molecule has 0 aromatic heterocycles. The highest BCUT2D eigenvalue weighted by Gasteiger charge is 2.29. The van der Waals surface area contributed by atoms with Crippen LogP contribution in [0, 0.1) is 0 Å². The summed E-state index contributed by atoms with van der Waals surface area (Å²) >= 11 is 0. The zero-order valence-corrected chi connectivity index (χ0v) is 9.21. The van der Waals surface area contributed by atoms with Gasteiger partial charge in [-0.25, -0.2) is 4.79 Å². The molecule has 4 nitrogen and oxygen atoms in total. The van der Waals surface area contributed by atoms with Crippen LogP contribution in [-0.2, 0) is 0 Å². The van der Waals surface area contributed by atoms with E-state index in [9.17, 15) is 4.79 Å². The van der Waals surface area contributed by atoms with Crippen molar-refractivity contribution in [2.45, 2.75) is 26.3 Å². The zero-order valence-electron chi connectivity index (χ0n) is 9.21. The summed E-state index contributed by atoms with van der Waals surface area (Å²) in [6.07, 6.45) is 1.74. The minimum atomic E-state index is -0.00889. The lowest BCUT2D eigenvalue weighted by atomic mass is 10.1. The van der Waals surface area contributed by atoms with E-state index in [0.29, 0.717) is 19.9 Å². The zero-order chi connectivity index (χ0) is 10.8. The molecule has 0 atom stereocenters.